The maximum absolute atomic E-state index is 13.0. The summed E-state index contributed by atoms with van der Waals surface area (Å²) in [5.41, 5.74) is 0. The van der Waals surface area contributed by atoms with Gasteiger partial charge in [0.2, 0.25) is 0 Å². The van der Waals surface area contributed by atoms with Crippen LogP contribution in [0.1, 0.15) is 375 Å². The van der Waals surface area contributed by atoms with Crippen LogP contribution in [0.3, 0.4) is 0 Å². The lowest BCUT2D eigenvalue weighted by Gasteiger charge is -2.21. The highest BCUT2D eigenvalue weighted by Crippen LogP contribution is 2.45. The predicted molar refractivity (Wildman–Crippen MR) is 368 cm³/mol. The second kappa shape index (κ2) is 65.4. The van der Waals surface area contributed by atoms with E-state index in [0.717, 1.165) is 95.8 Å². The van der Waals surface area contributed by atoms with Gasteiger partial charge in [0, 0.05) is 25.7 Å². The van der Waals surface area contributed by atoms with E-state index in [2.05, 4.69) is 34.6 Å². The third-order valence-corrected chi connectivity index (χ3v) is 18.7. The Bertz CT molecular complexity index is 1750. The van der Waals surface area contributed by atoms with Gasteiger partial charge in [-0.25, -0.2) is 9.13 Å². The molecule has 0 aliphatic carbocycles. The zero-order chi connectivity index (χ0) is 67.0. The van der Waals surface area contributed by atoms with Crippen LogP contribution < -0.4 is 0 Å². The number of aliphatic hydroxyl groups excluding tert-OH is 1. The Morgan fingerprint density at radius 1 is 0.297 bits per heavy atom. The molecule has 0 rings (SSSR count). The minimum Gasteiger partial charge on any atom is -0.462 e. The molecule has 0 aromatic carbocycles. The standard InChI is InChI=1S/C72H140O17P2/c1-6-9-12-15-18-21-24-26-27-32-36-41-46-51-56-70(75)83-62-68(89-72(77)58-53-48-43-38-33-28-30-34-39-44-49-54-65(4)5)64-87-91(80,81)85-60-66(73)59-84-90(78,79)86-63-67(61-82-69(74)55-50-45-40-35-29-23-20-17-14-11-8-3)88-71(76)57-52-47-42-37-31-25-22-19-16-13-10-7-2/h65-68,73H,6-64H2,1-5H3,(H,78,79)(H,80,81)/t66-,67+,68+/m0/s1. The highest BCUT2D eigenvalue weighted by molar-refractivity contribution is 7.47. The first kappa shape index (κ1) is 89.1. The molecule has 17 nitrogen and oxygen atoms in total. The van der Waals surface area contributed by atoms with Crippen LogP contribution >= 0.6 is 15.6 Å². The number of esters is 4. The van der Waals surface area contributed by atoms with Crippen molar-refractivity contribution < 1.29 is 80.2 Å². The molecule has 0 radical (unpaired) electrons. The largest absolute Gasteiger partial charge is 0.472 e. The average molecular weight is 1340 g/mol. The Morgan fingerprint density at radius 3 is 0.747 bits per heavy atom. The number of phosphoric acid groups is 2. The molecule has 0 heterocycles. The summed E-state index contributed by atoms with van der Waals surface area (Å²) in [5, 5.41) is 10.6. The van der Waals surface area contributed by atoms with E-state index in [1.807, 2.05) is 0 Å². The van der Waals surface area contributed by atoms with Crippen molar-refractivity contribution in [1.29, 1.82) is 0 Å². The van der Waals surface area contributed by atoms with E-state index in [9.17, 15) is 43.2 Å². The van der Waals surface area contributed by atoms with Gasteiger partial charge in [0.05, 0.1) is 26.4 Å². The molecule has 19 heteroatoms. The summed E-state index contributed by atoms with van der Waals surface area (Å²) in [6.45, 7) is 7.27. The van der Waals surface area contributed by atoms with Crippen LogP contribution in [0.15, 0.2) is 0 Å². The van der Waals surface area contributed by atoms with E-state index in [1.54, 1.807) is 0 Å². The average Bonchev–Trinajstić information content (AvgIpc) is 3.74. The molecule has 2 unspecified atom stereocenters. The highest BCUT2D eigenvalue weighted by atomic mass is 31.2. The Kier molecular flexibility index (Phi) is 64.0. The minimum atomic E-state index is -4.95. The second-order valence-electron chi connectivity index (χ2n) is 26.5. The highest BCUT2D eigenvalue weighted by Gasteiger charge is 2.30. The summed E-state index contributed by atoms with van der Waals surface area (Å²) < 4.78 is 68.4. The van der Waals surface area contributed by atoms with E-state index in [0.29, 0.717) is 25.7 Å². The molecule has 91 heavy (non-hydrogen) atoms. The lowest BCUT2D eigenvalue weighted by atomic mass is 10.0. The molecule has 0 aliphatic rings. The number of hydrogen-bond donors (Lipinski definition) is 3. The molecule has 0 amide bonds. The normalized spacial score (nSPS) is 14.0. The van der Waals surface area contributed by atoms with Crippen LogP contribution in [0.5, 0.6) is 0 Å². The van der Waals surface area contributed by atoms with Gasteiger partial charge in [-0.15, -0.1) is 0 Å². The maximum atomic E-state index is 13.0. The van der Waals surface area contributed by atoms with Crippen LogP contribution in [-0.4, -0.2) is 96.7 Å². The molecular formula is C72H140O17P2. The van der Waals surface area contributed by atoms with Crippen molar-refractivity contribution in [1.82, 2.24) is 0 Å². The quantitative estimate of drug-likeness (QED) is 0.0222. The fraction of sp³-hybridized carbons (Fsp3) is 0.944. The Balaban J connectivity index is 5.25. The van der Waals surface area contributed by atoms with Crippen molar-refractivity contribution in [3.05, 3.63) is 0 Å². The van der Waals surface area contributed by atoms with Gasteiger partial charge in [0.15, 0.2) is 12.2 Å². The van der Waals surface area contributed by atoms with Crippen LogP contribution in [0, 0.1) is 5.92 Å². The molecule has 0 saturated carbocycles. The molecule has 0 fully saturated rings. The third kappa shape index (κ3) is 66.5. The molecule has 5 atom stereocenters. The fourth-order valence-corrected chi connectivity index (χ4v) is 12.6. The Morgan fingerprint density at radius 2 is 0.505 bits per heavy atom. The van der Waals surface area contributed by atoms with E-state index >= 15 is 0 Å². The van der Waals surface area contributed by atoms with Crippen molar-refractivity contribution in [3.63, 3.8) is 0 Å². The third-order valence-electron chi connectivity index (χ3n) is 16.8. The van der Waals surface area contributed by atoms with Gasteiger partial charge in [0.25, 0.3) is 0 Å². The summed E-state index contributed by atoms with van der Waals surface area (Å²) in [5.74, 6) is -1.35. The van der Waals surface area contributed by atoms with Crippen molar-refractivity contribution in [2.45, 2.75) is 393 Å². The first-order chi connectivity index (χ1) is 44.0. The van der Waals surface area contributed by atoms with Gasteiger partial charge in [-0.2, -0.15) is 0 Å². The van der Waals surface area contributed by atoms with Crippen molar-refractivity contribution in [2.24, 2.45) is 5.92 Å². The molecular weight excluding hydrogens is 1200 g/mol. The second-order valence-corrected chi connectivity index (χ2v) is 29.4. The topological polar surface area (TPSA) is 237 Å². The van der Waals surface area contributed by atoms with E-state index in [-0.39, 0.29) is 25.7 Å². The first-order valence-electron chi connectivity index (χ1n) is 37.6. The fourth-order valence-electron chi connectivity index (χ4n) is 11.0. The molecule has 540 valence electrons. The van der Waals surface area contributed by atoms with Gasteiger partial charge in [-0.3, -0.25) is 37.3 Å². The lowest BCUT2D eigenvalue weighted by molar-refractivity contribution is -0.161. The number of carbonyl (C=O) groups is 4. The maximum Gasteiger partial charge on any atom is 0.472 e. The number of ether oxygens (including phenoxy) is 4. The Labute approximate surface area is 556 Å². The molecule has 0 aromatic rings. The number of phosphoric ester groups is 2. The number of rotatable bonds is 72. The van der Waals surface area contributed by atoms with Crippen LogP contribution in [0.4, 0.5) is 0 Å². The first-order valence-corrected chi connectivity index (χ1v) is 40.6. The van der Waals surface area contributed by atoms with Crippen LogP contribution in [0.25, 0.3) is 0 Å². The van der Waals surface area contributed by atoms with Gasteiger partial charge < -0.3 is 33.8 Å². The zero-order valence-electron chi connectivity index (χ0n) is 59.0. The predicted octanol–water partition coefficient (Wildman–Crippen LogP) is 20.9. The summed E-state index contributed by atoms with van der Waals surface area (Å²) in [6, 6.07) is 0. The molecule has 3 N–H and O–H groups in total. The van der Waals surface area contributed by atoms with Gasteiger partial charge in [0.1, 0.15) is 19.3 Å². The molecule has 0 aromatic heterocycles. The molecule has 0 bridgehead atoms. The van der Waals surface area contributed by atoms with Crippen LogP contribution in [0.2, 0.25) is 0 Å². The van der Waals surface area contributed by atoms with Crippen molar-refractivity contribution in [3.8, 4) is 0 Å². The zero-order valence-corrected chi connectivity index (χ0v) is 60.8. The Hall–Kier alpha value is -1.94. The molecule has 0 aliphatic heterocycles. The lowest BCUT2D eigenvalue weighted by Crippen LogP contribution is -2.30. The van der Waals surface area contributed by atoms with E-state index in [1.165, 1.54) is 199 Å². The molecule has 0 saturated heterocycles. The summed E-state index contributed by atoms with van der Waals surface area (Å²) in [7, 11) is -9.90. The number of carbonyl (C=O) groups excluding carboxylic acids is 4. The van der Waals surface area contributed by atoms with Crippen LogP contribution in [-0.2, 0) is 65.4 Å². The van der Waals surface area contributed by atoms with Gasteiger partial charge >= 0.3 is 39.5 Å². The minimum absolute atomic E-state index is 0.107. The summed E-state index contributed by atoms with van der Waals surface area (Å²) in [6.07, 6.45) is 52.5. The number of aliphatic hydroxyl groups is 1. The summed E-state index contributed by atoms with van der Waals surface area (Å²) in [4.78, 5) is 72.6. The van der Waals surface area contributed by atoms with E-state index < -0.39 is 97.5 Å². The van der Waals surface area contributed by atoms with Crippen molar-refractivity contribution >= 4 is 39.5 Å². The summed E-state index contributed by atoms with van der Waals surface area (Å²) >= 11 is 0. The van der Waals surface area contributed by atoms with Crippen molar-refractivity contribution in [2.75, 3.05) is 39.6 Å². The SMILES string of the molecule is CCCCCCCCCCCCCCCCC(=O)OC[C@H](COP(=O)(O)OC[C@@H](O)COP(=O)(O)OC[C@@H](COC(=O)CCCCCCCCCCCCC)OC(=O)CCCCCCCCCCCCCC)OC(=O)CCCCCCCCCCCCCC(C)C. The van der Waals surface area contributed by atoms with E-state index in [4.69, 9.17) is 37.0 Å². The monoisotopic (exact) mass is 1340 g/mol. The van der Waals surface area contributed by atoms with Gasteiger partial charge in [-0.05, 0) is 31.6 Å². The molecule has 0 spiro atoms. The number of unbranched alkanes of at least 4 members (excludes halogenated alkanes) is 44. The number of hydrogen-bond acceptors (Lipinski definition) is 15. The smallest absolute Gasteiger partial charge is 0.462 e. The van der Waals surface area contributed by atoms with Gasteiger partial charge in [-0.1, -0.05) is 324 Å².